The highest BCUT2D eigenvalue weighted by molar-refractivity contribution is 5.89. The lowest BCUT2D eigenvalue weighted by atomic mass is 9.48. The van der Waals surface area contributed by atoms with Crippen LogP contribution in [0.15, 0.2) is 24.4 Å². The maximum absolute atomic E-state index is 12.8. The Hall–Kier alpha value is -1.46. The summed E-state index contributed by atoms with van der Waals surface area (Å²) in [5.74, 6) is 0.0147. The lowest BCUT2D eigenvalue weighted by Gasteiger charge is -2.60. The number of aromatic nitrogens is 1. The van der Waals surface area contributed by atoms with Crippen molar-refractivity contribution in [1.82, 2.24) is 10.3 Å². The van der Waals surface area contributed by atoms with Crippen LogP contribution in [0.1, 0.15) is 38.9 Å². The molecule has 5 heteroatoms. The van der Waals surface area contributed by atoms with Crippen LogP contribution in [0.3, 0.4) is 0 Å². The van der Waals surface area contributed by atoms with Gasteiger partial charge in [-0.05, 0) is 25.5 Å². The fraction of sp³-hybridized carbons (Fsp3) is 0.625. The average Bonchev–Trinajstić information content (AvgIpc) is 2.95. The SMILES string of the molecule is C[C@H](NC(=O)C1(N)C2CCOC2C1(C)C)c1ccccn1. The molecule has 114 valence electrons. The van der Waals surface area contributed by atoms with Gasteiger partial charge in [0.2, 0.25) is 5.91 Å². The highest BCUT2D eigenvalue weighted by Crippen LogP contribution is 2.58. The number of ether oxygens (including phenoxy) is 1. The standard InChI is InChI=1S/C16H23N3O2/c1-10(12-6-4-5-8-18-12)19-14(20)16(17)11-7-9-21-13(11)15(16,2)3/h4-6,8,10-11,13H,7,9,17H2,1-3H3,(H,19,20)/t10-,11?,13?,16?/m0/s1. The van der Waals surface area contributed by atoms with E-state index in [9.17, 15) is 4.79 Å². The molecule has 1 saturated carbocycles. The number of hydrogen-bond acceptors (Lipinski definition) is 4. The maximum Gasteiger partial charge on any atom is 0.241 e. The third-order valence-electron chi connectivity index (χ3n) is 5.31. The zero-order chi connectivity index (χ0) is 15.3. The molecule has 21 heavy (non-hydrogen) atoms. The van der Waals surface area contributed by atoms with Gasteiger partial charge in [0.25, 0.3) is 0 Å². The molecular weight excluding hydrogens is 266 g/mol. The fourth-order valence-corrected chi connectivity index (χ4v) is 3.87. The molecule has 1 amide bonds. The van der Waals surface area contributed by atoms with E-state index in [1.165, 1.54) is 0 Å². The molecule has 5 nitrogen and oxygen atoms in total. The van der Waals surface area contributed by atoms with Crippen molar-refractivity contribution in [3.63, 3.8) is 0 Å². The number of hydrogen-bond donors (Lipinski definition) is 2. The molecule has 0 spiro atoms. The number of pyridine rings is 1. The predicted octanol–water partition coefficient (Wildman–Crippen LogP) is 1.40. The first-order valence-electron chi connectivity index (χ1n) is 7.51. The van der Waals surface area contributed by atoms with Crippen molar-refractivity contribution in [2.75, 3.05) is 6.61 Å². The minimum absolute atomic E-state index is 0.0957. The van der Waals surface area contributed by atoms with Crippen LogP contribution in [0.25, 0.3) is 0 Å². The van der Waals surface area contributed by atoms with Gasteiger partial charge in [0.1, 0.15) is 5.54 Å². The number of fused-ring (bicyclic) bond motifs is 1. The minimum atomic E-state index is -0.864. The second kappa shape index (κ2) is 4.78. The minimum Gasteiger partial charge on any atom is -0.377 e. The summed E-state index contributed by atoms with van der Waals surface area (Å²) in [6.07, 6.45) is 2.68. The van der Waals surface area contributed by atoms with E-state index in [4.69, 9.17) is 10.5 Å². The summed E-state index contributed by atoms with van der Waals surface area (Å²) < 4.78 is 5.73. The van der Waals surface area contributed by atoms with Crippen molar-refractivity contribution in [1.29, 1.82) is 0 Å². The Morgan fingerprint density at radius 1 is 1.52 bits per heavy atom. The zero-order valence-electron chi connectivity index (χ0n) is 12.8. The van der Waals surface area contributed by atoms with Crippen LogP contribution >= 0.6 is 0 Å². The largest absolute Gasteiger partial charge is 0.377 e. The van der Waals surface area contributed by atoms with E-state index >= 15 is 0 Å². The Morgan fingerprint density at radius 3 is 2.95 bits per heavy atom. The van der Waals surface area contributed by atoms with Crippen molar-refractivity contribution in [2.24, 2.45) is 17.1 Å². The Morgan fingerprint density at radius 2 is 2.29 bits per heavy atom. The van der Waals surface area contributed by atoms with E-state index < -0.39 is 5.54 Å². The van der Waals surface area contributed by atoms with Gasteiger partial charge < -0.3 is 15.8 Å². The normalized spacial score (nSPS) is 34.7. The number of nitrogens with zero attached hydrogens (tertiary/aromatic N) is 1. The molecular formula is C16H23N3O2. The monoisotopic (exact) mass is 289 g/mol. The van der Waals surface area contributed by atoms with Gasteiger partial charge in [0, 0.05) is 24.1 Å². The summed E-state index contributed by atoms with van der Waals surface area (Å²) in [7, 11) is 0. The Bertz CT molecular complexity index is 546. The van der Waals surface area contributed by atoms with Crippen molar-refractivity contribution in [3.8, 4) is 0 Å². The molecule has 1 aromatic heterocycles. The lowest BCUT2D eigenvalue weighted by Crippen LogP contribution is -2.80. The molecule has 2 aliphatic rings. The molecule has 3 N–H and O–H groups in total. The Balaban J connectivity index is 1.76. The summed E-state index contributed by atoms with van der Waals surface area (Å²) >= 11 is 0. The van der Waals surface area contributed by atoms with Crippen molar-refractivity contribution in [2.45, 2.75) is 44.9 Å². The molecule has 1 aromatic rings. The van der Waals surface area contributed by atoms with Gasteiger partial charge >= 0.3 is 0 Å². The third kappa shape index (κ3) is 1.91. The van der Waals surface area contributed by atoms with E-state index in [2.05, 4.69) is 10.3 Å². The molecule has 1 saturated heterocycles. The van der Waals surface area contributed by atoms with Crippen LogP contribution in [0, 0.1) is 11.3 Å². The molecule has 1 aliphatic carbocycles. The molecule has 0 aromatic carbocycles. The second-order valence-electron chi connectivity index (χ2n) is 6.73. The van der Waals surface area contributed by atoms with E-state index in [-0.39, 0.29) is 29.4 Å². The Labute approximate surface area is 125 Å². The average molecular weight is 289 g/mol. The first-order chi connectivity index (χ1) is 9.89. The smallest absolute Gasteiger partial charge is 0.241 e. The van der Waals surface area contributed by atoms with Crippen LogP contribution in [0.2, 0.25) is 0 Å². The number of nitrogens with two attached hydrogens (primary N) is 1. The van der Waals surface area contributed by atoms with Gasteiger partial charge in [0.15, 0.2) is 0 Å². The van der Waals surface area contributed by atoms with E-state index in [0.717, 1.165) is 12.1 Å². The van der Waals surface area contributed by atoms with Gasteiger partial charge in [-0.15, -0.1) is 0 Å². The number of rotatable bonds is 3. The van der Waals surface area contributed by atoms with Gasteiger partial charge in [-0.2, -0.15) is 0 Å². The molecule has 4 atom stereocenters. The number of carbonyl (C=O) groups is 1. The van der Waals surface area contributed by atoms with E-state index in [0.29, 0.717) is 6.61 Å². The summed E-state index contributed by atoms with van der Waals surface area (Å²) in [6.45, 7) is 6.66. The molecule has 0 radical (unpaired) electrons. The number of nitrogens with one attached hydrogen (secondary N) is 1. The van der Waals surface area contributed by atoms with Gasteiger partial charge in [-0.3, -0.25) is 9.78 Å². The summed E-state index contributed by atoms with van der Waals surface area (Å²) in [4.78, 5) is 17.0. The fourth-order valence-electron chi connectivity index (χ4n) is 3.87. The zero-order valence-corrected chi connectivity index (χ0v) is 12.8. The van der Waals surface area contributed by atoms with Crippen molar-refractivity contribution < 1.29 is 9.53 Å². The van der Waals surface area contributed by atoms with Crippen LogP contribution in [-0.2, 0) is 9.53 Å². The van der Waals surface area contributed by atoms with E-state index in [1.807, 2.05) is 39.0 Å². The first kappa shape index (κ1) is 14.5. The Kier molecular flexibility index (Phi) is 3.30. The van der Waals surface area contributed by atoms with Crippen LogP contribution in [-0.4, -0.2) is 29.1 Å². The first-order valence-corrected chi connectivity index (χ1v) is 7.51. The summed E-state index contributed by atoms with van der Waals surface area (Å²) in [5.41, 5.74) is 6.15. The maximum atomic E-state index is 12.8. The summed E-state index contributed by atoms with van der Waals surface area (Å²) in [5, 5.41) is 3.02. The number of carbonyl (C=O) groups excluding carboxylic acids is 1. The third-order valence-corrected chi connectivity index (χ3v) is 5.31. The molecule has 1 aliphatic heterocycles. The van der Waals surface area contributed by atoms with Gasteiger partial charge in [-0.25, -0.2) is 0 Å². The lowest BCUT2D eigenvalue weighted by molar-refractivity contribution is -0.176. The molecule has 2 fully saturated rings. The topological polar surface area (TPSA) is 77.2 Å². The van der Waals surface area contributed by atoms with Crippen molar-refractivity contribution >= 4 is 5.91 Å². The highest BCUT2D eigenvalue weighted by Gasteiger charge is 2.71. The predicted molar refractivity (Wildman–Crippen MR) is 79.3 cm³/mol. The second-order valence-corrected chi connectivity index (χ2v) is 6.73. The molecule has 0 bridgehead atoms. The van der Waals surface area contributed by atoms with Crippen LogP contribution in [0.4, 0.5) is 0 Å². The highest BCUT2D eigenvalue weighted by atomic mass is 16.5. The molecule has 3 unspecified atom stereocenters. The van der Waals surface area contributed by atoms with Crippen LogP contribution in [0.5, 0.6) is 0 Å². The van der Waals surface area contributed by atoms with Crippen LogP contribution < -0.4 is 11.1 Å². The van der Waals surface area contributed by atoms with Crippen molar-refractivity contribution in [3.05, 3.63) is 30.1 Å². The van der Waals surface area contributed by atoms with Gasteiger partial charge in [-0.1, -0.05) is 19.9 Å². The van der Waals surface area contributed by atoms with E-state index in [1.54, 1.807) is 6.20 Å². The summed E-state index contributed by atoms with van der Waals surface area (Å²) in [6, 6.07) is 5.52. The number of amides is 1. The molecule has 2 heterocycles. The quantitative estimate of drug-likeness (QED) is 0.882. The molecule has 3 rings (SSSR count). The van der Waals surface area contributed by atoms with Gasteiger partial charge in [0.05, 0.1) is 17.8 Å².